The summed E-state index contributed by atoms with van der Waals surface area (Å²) >= 11 is 0. The molecule has 2 heterocycles. The van der Waals surface area contributed by atoms with Crippen LogP contribution in [-0.2, 0) is 10.3 Å². The van der Waals surface area contributed by atoms with Crippen molar-refractivity contribution in [3.8, 4) is 0 Å². The number of rotatable bonds is 3. The monoisotopic (exact) mass is 327 g/mol. The van der Waals surface area contributed by atoms with E-state index in [1.54, 1.807) is 0 Å². The maximum Gasteiger partial charge on any atom is 0.191 e. The molecule has 4 nitrogen and oxygen atoms in total. The molecule has 3 aromatic carbocycles. The van der Waals surface area contributed by atoms with E-state index in [4.69, 9.17) is 4.74 Å². The number of ether oxygens (including phenoxy) is 1. The van der Waals surface area contributed by atoms with Crippen molar-refractivity contribution in [3.05, 3.63) is 95.6 Å². The molecule has 1 aliphatic rings. The normalized spacial score (nSPS) is 22.2. The predicted molar refractivity (Wildman–Crippen MR) is 96.1 cm³/mol. The van der Waals surface area contributed by atoms with Crippen LogP contribution in [0.4, 0.5) is 0 Å². The van der Waals surface area contributed by atoms with E-state index in [1.807, 2.05) is 47.1 Å². The highest BCUT2D eigenvalue weighted by Gasteiger charge is 2.61. The zero-order valence-corrected chi connectivity index (χ0v) is 13.8. The van der Waals surface area contributed by atoms with Crippen LogP contribution in [0.25, 0.3) is 11.0 Å². The standard InChI is InChI=1S/C21H17N3O/c1-15-11-13-17(14-12-15)21(16-7-3-2-4-8-16)20(25-21)24-19-10-6-5-9-18(19)22-23-24/h2-14,20H,1H3/t20-,21-/m1/s1. The van der Waals surface area contributed by atoms with E-state index in [0.717, 1.165) is 22.2 Å². The van der Waals surface area contributed by atoms with Crippen LogP contribution in [0.1, 0.15) is 22.9 Å². The minimum atomic E-state index is -0.522. The molecular weight excluding hydrogens is 310 g/mol. The minimum absolute atomic E-state index is 0.204. The topological polar surface area (TPSA) is 43.2 Å². The quantitative estimate of drug-likeness (QED) is 0.529. The second-order valence-corrected chi connectivity index (χ2v) is 6.46. The van der Waals surface area contributed by atoms with Gasteiger partial charge < -0.3 is 4.74 Å². The summed E-state index contributed by atoms with van der Waals surface area (Å²) in [5.74, 6) is 0. The molecule has 5 rings (SSSR count). The third kappa shape index (κ3) is 2.11. The van der Waals surface area contributed by atoms with Gasteiger partial charge in [0.15, 0.2) is 11.8 Å². The summed E-state index contributed by atoms with van der Waals surface area (Å²) in [7, 11) is 0. The van der Waals surface area contributed by atoms with Gasteiger partial charge in [0.05, 0.1) is 5.52 Å². The molecular formula is C21H17N3O. The fourth-order valence-corrected chi connectivity index (χ4v) is 3.50. The molecule has 4 heteroatoms. The third-order valence-electron chi connectivity index (χ3n) is 4.87. The van der Waals surface area contributed by atoms with Gasteiger partial charge in [-0.25, -0.2) is 4.68 Å². The Balaban J connectivity index is 1.67. The van der Waals surface area contributed by atoms with Crippen LogP contribution >= 0.6 is 0 Å². The molecule has 1 aromatic heterocycles. The summed E-state index contributed by atoms with van der Waals surface area (Å²) in [6.07, 6.45) is -0.204. The van der Waals surface area contributed by atoms with Crippen LogP contribution in [0.15, 0.2) is 78.9 Å². The van der Waals surface area contributed by atoms with Crippen LogP contribution in [0.5, 0.6) is 0 Å². The summed E-state index contributed by atoms with van der Waals surface area (Å²) in [5, 5.41) is 8.64. The second-order valence-electron chi connectivity index (χ2n) is 6.46. The van der Waals surface area contributed by atoms with Crippen LogP contribution in [0.3, 0.4) is 0 Å². The smallest absolute Gasteiger partial charge is 0.191 e. The number of aromatic nitrogens is 3. The minimum Gasteiger partial charge on any atom is -0.332 e. The maximum atomic E-state index is 6.33. The molecule has 0 N–H and O–H groups in total. The highest BCUT2D eigenvalue weighted by atomic mass is 16.6. The zero-order chi connectivity index (χ0) is 16.9. The van der Waals surface area contributed by atoms with Crippen molar-refractivity contribution >= 4 is 11.0 Å². The number of hydrogen-bond donors (Lipinski definition) is 0. The SMILES string of the molecule is Cc1ccc([C@@]2(c3ccccc3)O[C@H]2n2nnc3ccccc32)cc1. The highest BCUT2D eigenvalue weighted by Crippen LogP contribution is 2.58. The van der Waals surface area contributed by atoms with Crippen LogP contribution in [-0.4, -0.2) is 15.0 Å². The van der Waals surface area contributed by atoms with Gasteiger partial charge in [0.2, 0.25) is 0 Å². The van der Waals surface area contributed by atoms with Gasteiger partial charge >= 0.3 is 0 Å². The molecule has 0 saturated carbocycles. The van der Waals surface area contributed by atoms with Crippen LogP contribution in [0, 0.1) is 6.92 Å². The third-order valence-corrected chi connectivity index (χ3v) is 4.87. The molecule has 0 bridgehead atoms. The van der Waals surface area contributed by atoms with Gasteiger partial charge in [-0.3, -0.25) is 0 Å². The van der Waals surface area contributed by atoms with Gasteiger partial charge in [-0.2, -0.15) is 0 Å². The molecule has 1 aliphatic heterocycles. The van der Waals surface area contributed by atoms with Crippen molar-refractivity contribution in [2.75, 3.05) is 0 Å². The highest BCUT2D eigenvalue weighted by molar-refractivity contribution is 5.74. The first kappa shape index (κ1) is 14.4. The van der Waals surface area contributed by atoms with E-state index in [2.05, 4.69) is 53.6 Å². The Morgan fingerprint density at radius 2 is 1.52 bits per heavy atom. The number of hydrogen-bond acceptors (Lipinski definition) is 3. The van der Waals surface area contributed by atoms with Crippen molar-refractivity contribution in [3.63, 3.8) is 0 Å². The van der Waals surface area contributed by atoms with Crippen molar-refractivity contribution in [2.45, 2.75) is 18.8 Å². The Kier molecular flexibility index (Phi) is 3.02. The molecule has 25 heavy (non-hydrogen) atoms. The number of para-hydroxylation sites is 1. The maximum absolute atomic E-state index is 6.33. The van der Waals surface area contributed by atoms with E-state index in [1.165, 1.54) is 5.56 Å². The van der Waals surface area contributed by atoms with Gasteiger partial charge in [0.25, 0.3) is 0 Å². The van der Waals surface area contributed by atoms with Crippen molar-refractivity contribution in [1.29, 1.82) is 0 Å². The average molecular weight is 327 g/mol. The van der Waals surface area contributed by atoms with Gasteiger partial charge in [0, 0.05) is 0 Å². The molecule has 122 valence electrons. The number of nitrogens with zero attached hydrogens (tertiary/aromatic N) is 3. The lowest BCUT2D eigenvalue weighted by atomic mass is 9.89. The summed E-state index contributed by atoms with van der Waals surface area (Å²) in [6.45, 7) is 2.09. The largest absolute Gasteiger partial charge is 0.332 e. The summed E-state index contributed by atoms with van der Waals surface area (Å²) in [4.78, 5) is 0. The van der Waals surface area contributed by atoms with E-state index in [-0.39, 0.29) is 6.23 Å². The molecule has 1 fully saturated rings. The van der Waals surface area contributed by atoms with E-state index in [0.29, 0.717) is 0 Å². The summed E-state index contributed by atoms with van der Waals surface area (Å²) in [5.41, 5.74) is 4.83. The van der Waals surface area contributed by atoms with E-state index in [9.17, 15) is 0 Å². The predicted octanol–water partition coefficient (Wildman–Crippen LogP) is 4.21. The molecule has 2 atom stereocenters. The van der Waals surface area contributed by atoms with Gasteiger partial charge in [-0.05, 0) is 30.2 Å². The van der Waals surface area contributed by atoms with Crippen LogP contribution in [0.2, 0.25) is 0 Å². The first-order valence-corrected chi connectivity index (χ1v) is 8.39. The number of benzene rings is 3. The van der Waals surface area contributed by atoms with Gasteiger partial charge in [-0.1, -0.05) is 77.5 Å². The fourth-order valence-electron chi connectivity index (χ4n) is 3.50. The van der Waals surface area contributed by atoms with Crippen LogP contribution < -0.4 is 0 Å². The van der Waals surface area contributed by atoms with E-state index < -0.39 is 5.60 Å². The Morgan fingerprint density at radius 3 is 2.32 bits per heavy atom. The molecule has 0 radical (unpaired) electrons. The van der Waals surface area contributed by atoms with Gasteiger partial charge in [-0.15, -0.1) is 5.10 Å². The van der Waals surface area contributed by atoms with Gasteiger partial charge in [0.1, 0.15) is 5.52 Å². The fraction of sp³-hybridized carbons (Fsp3) is 0.143. The molecule has 0 aliphatic carbocycles. The summed E-state index contributed by atoms with van der Waals surface area (Å²) < 4.78 is 8.22. The molecule has 0 unspecified atom stereocenters. The lowest BCUT2D eigenvalue weighted by molar-refractivity contribution is 0.296. The molecule has 0 amide bonds. The molecule has 1 saturated heterocycles. The molecule has 4 aromatic rings. The molecule has 0 spiro atoms. The zero-order valence-electron chi connectivity index (χ0n) is 13.8. The number of fused-ring (bicyclic) bond motifs is 1. The number of epoxide rings is 1. The average Bonchev–Trinajstić information content (AvgIpc) is 3.27. The summed E-state index contributed by atoms with van der Waals surface area (Å²) in [6, 6.07) is 26.8. The first-order chi connectivity index (χ1) is 12.3. The lowest BCUT2D eigenvalue weighted by Crippen LogP contribution is -2.15. The lowest BCUT2D eigenvalue weighted by Gasteiger charge is -2.14. The van der Waals surface area contributed by atoms with E-state index >= 15 is 0 Å². The Bertz CT molecular complexity index is 1040. The second kappa shape index (κ2) is 5.26. The van der Waals surface area contributed by atoms with Crippen molar-refractivity contribution < 1.29 is 4.74 Å². The van der Waals surface area contributed by atoms with Crippen molar-refractivity contribution in [1.82, 2.24) is 15.0 Å². The Hall–Kier alpha value is -2.98. The first-order valence-electron chi connectivity index (χ1n) is 8.39. The Labute approximate surface area is 145 Å². The number of aryl methyl sites for hydroxylation is 1. The van der Waals surface area contributed by atoms with Crippen molar-refractivity contribution in [2.24, 2.45) is 0 Å². The Morgan fingerprint density at radius 1 is 0.840 bits per heavy atom.